The molecule has 0 rings (SSSR count). The van der Waals surface area contributed by atoms with Gasteiger partial charge in [-0.3, -0.25) is 14.2 Å². The quantitative estimate of drug-likeness (QED) is 0.0195. The van der Waals surface area contributed by atoms with Crippen molar-refractivity contribution in [2.75, 3.05) is 47.5 Å². The number of phosphoric acid groups is 1. The number of nitrogens with zero attached hydrogens (tertiary/aromatic N) is 1. The maximum atomic E-state index is 12.8. The van der Waals surface area contributed by atoms with Crippen LogP contribution in [-0.4, -0.2) is 70.0 Å². The number of hydrogen-bond acceptors (Lipinski definition) is 8. The van der Waals surface area contributed by atoms with Gasteiger partial charge in [-0.25, -0.2) is 0 Å². The minimum absolute atomic E-state index is 0.0305. The van der Waals surface area contributed by atoms with Crippen molar-refractivity contribution in [1.82, 2.24) is 0 Å². The molecule has 0 heterocycles. The Morgan fingerprint density at radius 2 is 0.730 bits per heavy atom. The van der Waals surface area contributed by atoms with Crippen LogP contribution >= 0.6 is 7.82 Å². The van der Waals surface area contributed by atoms with Gasteiger partial charge in [-0.15, -0.1) is 0 Å². The topological polar surface area (TPSA) is 111 Å². The molecule has 74 heavy (non-hydrogen) atoms. The molecule has 0 radical (unpaired) electrons. The highest BCUT2D eigenvalue weighted by Gasteiger charge is 2.22. The van der Waals surface area contributed by atoms with Gasteiger partial charge in [-0.05, 0) is 77.0 Å². The van der Waals surface area contributed by atoms with Gasteiger partial charge in [0.15, 0.2) is 6.10 Å². The van der Waals surface area contributed by atoms with Gasteiger partial charge in [0.25, 0.3) is 7.82 Å². The minimum Gasteiger partial charge on any atom is -0.756 e. The van der Waals surface area contributed by atoms with Crippen molar-refractivity contribution < 1.29 is 42.1 Å². The molecule has 0 spiro atoms. The lowest BCUT2D eigenvalue weighted by atomic mass is 10.0. The molecular formula is C64H120NO8P. The molecule has 10 heteroatoms. The second kappa shape index (κ2) is 55.7. The van der Waals surface area contributed by atoms with Crippen LogP contribution in [0.25, 0.3) is 0 Å². The number of rotatable bonds is 58. The number of unbranched alkanes of at least 4 members (excludes halogenated alkanes) is 36. The first-order valence-electron chi connectivity index (χ1n) is 31.3. The molecule has 0 aromatic heterocycles. The number of ether oxygens (including phenoxy) is 2. The number of carbonyl (C=O) groups excluding carboxylic acids is 2. The highest BCUT2D eigenvalue weighted by molar-refractivity contribution is 7.45. The van der Waals surface area contributed by atoms with Crippen molar-refractivity contribution in [2.45, 2.75) is 302 Å². The van der Waals surface area contributed by atoms with Gasteiger partial charge in [0, 0.05) is 12.8 Å². The summed E-state index contributed by atoms with van der Waals surface area (Å²) < 4.78 is 34.2. The van der Waals surface area contributed by atoms with Crippen LogP contribution in [0.2, 0.25) is 0 Å². The van der Waals surface area contributed by atoms with E-state index in [9.17, 15) is 19.0 Å². The zero-order valence-corrected chi connectivity index (χ0v) is 50.2. The summed E-state index contributed by atoms with van der Waals surface area (Å²) in [5, 5.41) is 0. The lowest BCUT2D eigenvalue weighted by Crippen LogP contribution is -2.37. The number of allylic oxidation sites excluding steroid dienone is 8. The Balaban J connectivity index is 4.03. The Hall–Kier alpha value is -2.03. The number of likely N-dealkylation sites (N-methyl/N-ethyl adjacent to an activating group) is 1. The first-order chi connectivity index (χ1) is 36.0. The summed E-state index contributed by atoms with van der Waals surface area (Å²) in [5.41, 5.74) is 0. The fourth-order valence-corrected chi connectivity index (χ4v) is 9.68. The summed E-state index contributed by atoms with van der Waals surface area (Å²) in [6.07, 6.45) is 70.3. The second-order valence-electron chi connectivity index (χ2n) is 22.4. The third-order valence-electron chi connectivity index (χ3n) is 13.8. The van der Waals surface area contributed by atoms with E-state index in [0.29, 0.717) is 17.4 Å². The van der Waals surface area contributed by atoms with E-state index in [1.54, 1.807) is 0 Å². The Morgan fingerprint density at radius 3 is 1.09 bits per heavy atom. The predicted molar refractivity (Wildman–Crippen MR) is 314 cm³/mol. The molecule has 0 saturated carbocycles. The Morgan fingerprint density at radius 1 is 0.419 bits per heavy atom. The van der Waals surface area contributed by atoms with E-state index < -0.39 is 26.5 Å². The van der Waals surface area contributed by atoms with E-state index in [4.69, 9.17) is 18.5 Å². The highest BCUT2D eigenvalue weighted by Crippen LogP contribution is 2.38. The van der Waals surface area contributed by atoms with Crippen molar-refractivity contribution in [3.63, 3.8) is 0 Å². The molecule has 0 fully saturated rings. The monoisotopic (exact) mass is 1060 g/mol. The third-order valence-corrected chi connectivity index (χ3v) is 14.8. The van der Waals surface area contributed by atoms with Gasteiger partial charge < -0.3 is 27.9 Å². The average Bonchev–Trinajstić information content (AvgIpc) is 3.36. The number of esters is 2. The first kappa shape index (κ1) is 72.0. The summed E-state index contributed by atoms with van der Waals surface area (Å²) in [6.45, 7) is 4.25. The molecule has 0 aliphatic carbocycles. The standard InChI is InChI=1S/C64H120NO8P/c1-6-8-10-12-14-16-18-20-22-24-25-26-27-28-29-30-31-32-33-34-35-36-37-38-39-41-43-45-47-49-51-53-55-57-64(67)73-62(61-72-74(68,69)71-59-58-65(3,4)5)60-70-63(66)56-54-52-50-48-46-44-42-40-23-21-19-17-15-13-11-9-7-2/h18,20-21,23-25,27-28,62H,6-17,19,22,26,29-61H2,1-5H3/b20-18-,23-21-,25-24-,28-27-. The van der Waals surface area contributed by atoms with Crippen molar-refractivity contribution in [1.29, 1.82) is 0 Å². The second-order valence-corrected chi connectivity index (χ2v) is 23.8. The Kier molecular flexibility index (Phi) is 54.2. The maximum absolute atomic E-state index is 12.8. The Labute approximate surface area is 458 Å². The molecule has 434 valence electrons. The lowest BCUT2D eigenvalue weighted by Gasteiger charge is -2.28. The van der Waals surface area contributed by atoms with Crippen LogP contribution in [0.3, 0.4) is 0 Å². The van der Waals surface area contributed by atoms with Crippen LogP contribution in [-0.2, 0) is 32.7 Å². The molecule has 9 nitrogen and oxygen atoms in total. The normalized spacial score (nSPS) is 13.5. The molecule has 0 aromatic carbocycles. The Bertz CT molecular complexity index is 1390. The summed E-state index contributed by atoms with van der Waals surface area (Å²) in [5.74, 6) is -0.827. The van der Waals surface area contributed by atoms with Crippen LogP contribution in [0.5, 0.6) is 0 Å². The smallest absolute Gasteiger partial charge is 0.306 e. The number of phosphoric ester groups is 1. The van der Waals surface area contributed by atoms with Gasteiger partial charge in [-0.1, -0.05) is 255 Å². The van der Waals surface area contributed by atoms with Crippen molar-refractivity contribution >= 4 is 19.8 Å². The molecule has 0 amide bonds. The van der Waals surface area contributed by atoms with Crippen LogP contribution in [0.4, 0.5) is 0 Å². The molecule has 0 saturated heterocycles. The van der Waals surface area contributed by atoms with E-state index in [-0.39, 0.29) is 32.0 Å². The molecule has 2 unspecified atom stereocenters. The van der Waals surface area contributed by atoms with Gasteiger partial charge >= 0.3 is 11.9 Å². The lowest BCUT2D eigenvalue weighted by molar-refractivity contribution is -0.870. The van der Waals surface area contributed by atoms with Gasteiger partial charge in [-0.2, -0.15) is 0 Å². The molecule has 0 aromatic rings. The third kappa shape index (κ3) is 59.2. The molecule has 2 atom stereocenters. The van der Waals surface area contributed by atoms with E-state index in [2.05, 4.69) is 62.5 Å². The number of quaternary nitrogens is 1. The maximum Gasteiger partial charge on any atom is 0.306 e. The molecule has 0 N–H and O–H groups in total. The van der Waals surface area contributed by atoms with E-state index in [0.717, 1.165) is 64.2 Å². The van der Waals surface area contributed by atoms with E-state index >= 15 is 0 Å². The molecule has 0 aliphatic rings. The largest absolute Gasteiger partial charge is 0.756 e. The van der Waals surface area contributed by atoms with Crippen molar-refractivity contribution in [2.24, 2.45) is 0 Å². The first-order valence-corrected chi connectivity index (χ1v) is 32.8. The highest BCUT2D eigenvalue weighted by atomic mass is 31.2. The van der Waals surface area contributed by atoms with Crippen LogP contribution in [0, 0.1) is 0 Å². The summed E-state index contributed by atoms with van der Waals surface area (Å²) >= 11 is 0. The van der Waals surface area contributed by atoms with E-state index in [1.807, 2.05) is 21.1 Å². The van der Waals surface area contributed by atoms with Gasteiger partial charge in [0.2, 0.25) is 0 Å². The van der Waals surface area contributed by atoms with Crippen LogP contribution < -0.4 is 4.89 Å². The SMILES string of the molecule is CCCCCCC/C=C\C/C=C\C/C=C\CCCCCCCCCCCCCCCCCCCCC(=O)OC(COC(=O)CCCCCCCCC/C=C\CCCCCCCC)COP(=O)([O-])OCC[N+](C)(C)C. The minimum atomic E-state index is -4.64. The van der Waals surface area contributed by atoms with Crippen molar-refractivity contribution in [3.8, 4) is 0 Å². The summed E-state index contributed by atoms with van der Waals surface area (Å²) in [6, 6.07) is 0. The fraction of sp³-hybridized carbons (Fsp3) is 0.844. The van der Waals surface area contributed by atoms with Crippen LogP contribution in [0.15, 0.2) is 48.6 Å². The summed E-state index contributed by atoms with van der Waals surface area (Å²) in [7, 11) is 1.17. The van der Waals surface area contributed by atoms with E-state index in [1.165, 1.54) is 199 Å². The fourth-order valence-electron chi connectivity index (χ4n) is 8.95. The zero-order chi connectivity index (χ0) is 54.2. The molecule has 0 bridgehead atoms. The predicted octanol–water partition coefficient (Wildman–Crippen LogP) is 19.1. The van der Waals surface area contributed by atoms with Crippen molar-refractivity contribution in [3.05, 3.63) is 48.6 Å². The average molecular weight is 1060 g/mol. The summed E-state index contributed by atoms with van der Waals surface area (Å²) in [4.78, 5) is 37.9. The zero-order valence-electron chi connectivity index (χ0n) is 49.3. The molecular weight excluding hydrogens is 942 g/mol. The molecule has 0 aliphatic heterocycles. The van der Waals surface area contributed by atoms with Gasteiger partial charge in [0.1, 0.15) is 19.8 Å². The van der Waals surface area contributed by atoms with Gasteiger partial charge in [0.05, 0.1) is 27.7 Å². The number of carbonyl (C=O) groups is 2. The van der Waals surface area contributed by atoms with Crippen LogP contribution in [0.1, 0.15) is 296 Å². The number of hydrogen-bond donors (Lipinski definition) is 0.